The number of aromatic nitrogens is 4. The fourth-order valence-electron chi connectivity index (χ4n) is 3.01. The fourth-order valence-corrected chi connectivity index (χ4v) is 3.29. The second-order valence-corrected chi connectivity index (χ2v) is 7.34. The molecule has 0 fully saturated rings. The predicted molar refractivity (Wildman–Crippen MR) is 104 cm³/mol. The van der Waals surface area contributed by atoms with Crippen LogP contribution in [0.5, 0.6) is 0 Å². The third kappa shape index (κ3) is 3.78. The highest BCUT2D eigenvalue weighted by Gasteiger charge is 2.15. The molecule has 2 N–H and O–H groups in total. The predicted octanol–water partition coefficient (Wildman–Crippen LogP) is 1.32. The molecule has 30 heavy (non-hydrogen) atoms. The molecule has 2 aromatic heterocycles. The topological polar surface area (TPSA) is 136 Å². The largest absolute Gasteiger partial charge is 0.397 e. The maximum atomic E-state index is 14.6. The van der Waals surface area contributed by atoms with Gasteiger partial charge in [-0.15, -0.1) is 0 Å². The number of aromatic amines is 1. The molecule has 0 radical (unpaired) electrons. The van der Waals surface area contributed by atoms with E-state index in [2.05, 4.69) is 14.2 Å². The van der Waals surface area contributed by atoms with Gasteiger partial charge in [0.2, 0.25) is 0 Å². The van der Waals surface area contributed by atoms with E-state index >= 15 is 0 Å². The van der Waals surface area contributed by atoms with E-state index < -0.39 is 33.9 Å². The molecule has 0 aliphatic heterocycles. The van der Waals surface area contributed by atoms with Crippen LogP contribution < -0.4 is 11.1 Å². The van der Waals surface area contributed by atoms with Gasteiger partial charge in [0.1, 0.15) is 5.82 Å². The van der Waals surface area contributed by atoms with Crippen LogP contribution in [0.15, 0.2) is 64.7 Å². The van der Waals surface area contributed by atoms with Crippen molar-refractivity contribution in [2.75, 3.05) is 0 Å². The number of hydrogen-bond acceptors (Lipinski definition) is 6. The number of nitrogens with one attached hydrogen (secondary N) is 1. The minimum atomic E-state index is -4.66. The molecule has 0 saturated heterocycles. The van der Waals surface area contributed by atoms with Crippen LogP contribution in [0.25, 0.3) is 22.4 Å². The number of halogens is 1. The van der Waals surface area contributed by atoms with Crippen molar-refractivity contribution in [2.45, 2.75) is 6.61 Å². The summed E-state index contributed by atoms with van der Waals surface area (Å²) >= 11 is 0. The van der Waals surface area contributed by atoms with E-state index in [-0.39, 0.29) is 22.4 Å². The van der Waals surface area contributed by atoms with Crippen molar-refractivity contribution in [1.82, 2.24) is 19.1 Å². The minimum absolute atomic E-state index is 0.0838. The Morgan fingerprint density at radius 1 is 1.20 bits per heavy atom. The van der Waals surface area contributed by atoms with Gasteiger partial charge in [-0.2, -0.15) is 8.42 Å². The van der Waals surface area contributed by atoms with Crippen molar-refractivity contribution >= 4 is 21.4 Å². The molecule has 2 heterocycles. The van der Waals surface area contributed by atoms with Gasteiger partial charge >= 0.3 is 21.5 Å². The van der Waals surface area contributed by atoms with Gasteiger partial charge in [0.25, 0.3) is 0 Å². The summed E-state index contributed by atoms with van der Waals surface area (Å²) in [5.74, 6) is -0.642. The summed E-state index contributed by atoms with van der Waals surface area (Å²) in [6.07, 6.45) is 4.36. The second-order valence-electron chi connectivity index (χ2n) is 6.25. The van der Waals surface area contributed by atoms with Crippen LogP contribution in [0, 0.1) is 5.82 Å². The van der Waals surface area contributed by atoms with Crippen LogP contribution in [0.1, 0.15) is 5.56 Å². The van der Waals surface area contributed by atoms with Crippen LogP contribution in [-0.4, -0.2) is 32.1 Å². The Morgan fingerprint density at radius 3 is 2.70 bits per heavy atom. The highest BCUT2D eigenvalue weighted by molar-refractivity contribution is 7.80. The molecular weight excluding hydrogens is 419 g/mol. The van der Waals surface area contributed by atoms with Gasteiger partial charge in [-0.3, -0.25) is 18.7 Å². The Bertz CT molecular complexity index is 1480. The molecule has 4 aromatic rings. The summed E-state index contributed by atoms with van der Waals surface area (Å²) in [5.41, 5.74) is -0.960. The molecule has 10 nitrogen and oxygen atoms in total. The summed E-state index contributed by atoms with van der Waals surface area (Å²) in [4.78, 5) is 31.0. The quantitative estimate of drug-likeness (QED) is 0.359. The van der Waals surface area contributed by atoms with E-state index in [0.29, 0.717) is 5.56 Å². The van der Waals surface area contributed by atoms with Gasteiger partial charge in [-0.25, -0.2) is 13.6 Å². The SMILES string of the molecule is O=c1[nH]c2cc(F)c(-n3ccnc3)cc2n(-c2cccc(COS(=O)(=O)O)c2)c1=O. The normalized spacial score (nSPS) is 11.8. The van der Waals surface area contributed by atoms with E-state index in [1.807, 2.05) is 0 Å². The lowest BCUT2D eigenvalue weighted by molar-refractivity contribution is 0.259. The average Bonchev–Trinajstić information content (AvgIpc) is 3.21. The zero-order valence-corrected chi connectivity index (χ0v) is 15.8. The van der Waals surface area contributed by atoms with E-state index in [1.54, 1.807) is 0 Å². The summed E-state index contributed by atoms with van der Waals surface area (Å²) < 4.78 is 51.7. The van der Waals surface area contributed by atoms with Crippen molar-refractivity contribution in [3.8, 4) is 11.4 Å². The molecule has 4 rings (SSSR count). The second kappa shape index (κ2) is 7.33. The van der Waals surface area contributed by atoms with Crippen LogP contribution in [0.2, 0.25) is 0 Å². The highest BCUT2D eigenvalue weighted by Crippen LogP contribution is 2.22. The summed E-state index contributed by atoms with van der Waals surface area (Å²) in [7, 11) is -4.66. The van der Waals surface area contributed by atoms with Gasteiger partial charge in [-0.05, 0) is 23.8 Å². The molecule has 0 bridgehead atoms. The number of rotatable bonds is 5. The molecule has 0 spiro atoms. The van der Waals surface area contributed by atoms with Crippen LogP contribution >= 0.6 is 0 Å². The standard InChI is InChI=1S/C18H13FN4O6S/c19-13-7-14-16(8-15(13)22-5-4-20-10-22)23(18(25)17(24)21-14)12-3-1-2-11(6-12)9-29-30(26,27)28/h1-8,10H,9H2,(H,21,24)(H,26,27,28). The monoisotopic (exact) mass is 432 g/mol. The Hall–Kier alpha value is -3.61. The molecule has 154 valence electrons. The third-order valence-corrected chi connectivity index (χ3v) is 4.69. The Morgan fingerprint density at radius 2 is 2.00 bits per heavy atom. The molecule has 0 aliphatic rings. The Labute approximate surface area is 167 Å². The van der Waals surface area contributed by atoms with Gasteiger partial charge in [0.05, 0.1) is 29.7 Å². The fraction of sp³-hybridized carbons (Fsp3) is 0.0556. The molecule has 0 aliphatic carbocycles. The van der Waals surface area contributed by atoms with Crippen molar-refractivity contribution in [2.24, 2.45) is 0 Å². The molecular formula is C18H13FN4O6S. The number of fused-ring (bicyclic) bond motifs is 1. The number of nitrogens with zero attached hydrogens (tertiary/aromatic N) is 3. The lowest BCUT2D eigenvalue weighted by Crippen LogP contribution is -2.35. The van der Waals surface area contributed by atoms with E-state index in [0.717, 1.165) is 10.6 Å². The number of benzene rings is 2. The number of hydrogen-bond donors (Lipinski definition) is 2. The maximum absolute atomic E-state index is 14.6. The average molecular weight is 432 g/mol. The lowest BCUT2D eigenvalue weighted by atomic mass is 10.2. The van der Waals surface area contributed by atoms with Crippen molar-refractivity contribution in [1.29, 1.82) is 0 Å². The summed E-state index contributed by atoms with van der Waals surface area (Å²) in [6.45, 7) is -0.489. The van der Waals surface area contributed by atoms with Crippen molar-refractivity contribution < 1.29 is 21.5 Å². The first-order valence-electron chi connectivity index (χ1n) is 8.41. The van der Waals surface area contributed by atoms with Gasteiger partial charge in [-0.1, -0.05) is 12.1 Å². The Balaban J connectivity index is 1.94. The highest BCUT2D eigenvalue weighted by atomic mass is 32.3. The molecule has 0 atom stereocenters. The van der Waals surface area contributed by atoms with Crippen LogP contribution in [-0.2, 0) is 21.2 Å². The van der Waals surface area contributed by atoms with Crippen LogP contribution in [0.4, 0.5) is 4.39 Å². The van der Waals surface area contributed by atoms with Crippen molar-refractivity contribution in [3.63, 3.8) is 0 Å². The zero-order valence-electron chi connectivity index (χ0n) is 15.0. The number of imidazole rings is 1. The first-order chi connectivity index (χ1) is 14.2. The molecule has 0 unspecified atom stereocenters. The molecule has 2 aromatic carbocycles. The number of H-pyrrole nitrogens is 1. The van der Waals surface area contributed by atoms with E-state index in [9.17, 15) is 22.4 Å². The van der Waals surface area contributed by atoms with Crippen LogP contribution in [0.3, 0.4) is 0 Å². The summed E-state index contributed by atoms with van der Waals surface area (Å²) in [6, 6.07) is 8.41. The molecule has 12 heteroatoms. The van der Waals surface area contributed by atoms with Crippen molar-refractivity contribution in [3.05, 3.63) is 87.2 Å². The molecule has 0 saturated carbocycles. The zero-order chi connectivity index (χ0) is 21.5. The maximum Gasteiger partial charge on any atom is 0.397 e. The lowest BCUT2D eigenvalue weighted by Gasteiger charge is -2.13. The van der Waals surface area contributed by atoms with Gasteiger partial charge in [0.15, 0.2) is 0 Å². The van der Waals surface area contributed by atoms with E-state index in [4.69, 9.17) is 4.55 Å². The minimum Gasteiger partial charge on any atom is -0.316 e. The third-order valence-electron chi connectivity index (χ3n) is 4.28. The van der Waals surface area contributed by atoms with Gasteiger partial charge in [0, 0.05) is 24.1 Å². The Kier molecular flexibility index (Phi) is 4.81. The van der Waals surface area contributed by atoms with E-state index in [1.165, 1.54) is 53.6 Å². The molecule has 0 amide bonds. The van der Waals surface area contributed by atoms with Gasteiger partial charge < -0.3 is 9.55 Å². The first-order valence-corrected chi connectivity index (χ1v) is 9.77. The summed E-state index contributed by atoms with van der Waals surface area (Å²) in [5, 5.41) is 0. The smallest absolute Gasteiger partial charge is 0.316 e. The first kappa shape index (κ1) is 19.7.